The van der Waals surface area contributed by atoms with Gasteiger partial charge in [0.25, 0.3) is 5.91 Å². The fraction of sp³-hybridized carbons (Fsp3) is 0.111. The van der Waals surface area contributed by atoms with Gasteiger partial charge in [-0.2, -0.15) is 0 Å². The van der Waals surface area contributed by atoms with E-state index < -0.39 is 0 Å². The van der Waals surface area contributed by atoms with Gasteiger partial charge >= 0.3 is 0 Å². The van der Waals surface area contributed by atoms with Gasteiger partial charge in [0.15, 0.2) is 5.76 Å². The first-order valence-electron chi connectivity index (χ1n) is 10.4. The van der Waals surface area contributed by atoms with Crippen LogP contribution in [0.3, 0.4) is 0 Å². The molecule has 5 aromatic rings. The highest BCUT2D eigenvalue weighted by atomic mass is 32.1. The molecule has 0 saturated heterocycles. The van der Waals surface area contributed by atoms with Gasteiger partial charge in [-0.25, -0.2) is 4.98 Å². The molecule has 0 saturated carbocycles. The maximum atomic E-state index is 12.9. The summed E-state index contributed by atoms with van der Waals surface area (Å²) < 4.78 is 7.01. The first-order chi connectivity index (χ1) is 15.5. The molecule has 5 heteroatoms. The molecular formula is C27H22N2O2S. The number of carbonyl (C=O) groups is 1. The first-order valence-corrected chi connectivity index (χ1v) is 11.2. The molecule has 1 amide bonds. The first kappa shape index (κ1) is 20.2. The lowest BCUT2D eigenvalue weighted by Crippen LogP contribution is -2.11. The third kappa shape index (κ3) is 3.83. The molecule has 0 aliphatic heterocycles. The summed E-state index contributed by atoms with van der Waals surface area (Å²) in [4.78, 5) is 17.6. The number of aromatic nitrogens is 1. The quantitative estimate of drug-likeness (QED) is 0.318. The van der Waals surface area contributed by atoms with Crippen LogP contribution >= 0.6 is 11.3 Å². The molecule has 0 fully saturated rings. The van der Waals surface area contributed by atoms with E-state index in [1.165, 1.54) is 11.1 Å². The zero-order chi connectivity index (χ0) is 22.2. The molecule has 158 valence electrons. The number of nitrogens with zero attached hydrogens (tertiary/aromatic N) is 1. The second kappa shape index (κ2) is 8.09. The number of thiazole rings is 1. The number of para-hydroxylation sites is 1. The second-order valence-electron chi connectivity index (χ2n) is 7.93. The predicted octanol–water partition coefficient (Wildman–Crippen LogP) is 7.40. The summed E-state index contributed by atoms with van der Waals surface area (Å²) in [6.45, 7) is 6.11. The van der Waals surface area contributed by atoms with Gasteiger partial charge in [0, 0.05) is 16.8 Å². The zero-order valence-corrected chi connectivity index (χ0v) is 18.9. The van der Waals surface area contributed by atoms with E-state index in [9.17, 15) is 4.79 Å². The number of carbonyl (C=O) groups excluding carboxylic acids is 1. The minimum atomic E-state index is -0.273. The van der Waals surface area contributed by atoms with Crippen LogP contribution in [0.5, 0.6) is 0 Å². The van der Waals surface area contributed by atoms with Crippen LogP contribution < -0.4 is 5.32 Å². The van der Waals surface area contributed by atoms with Crippen molar-refractivity contribution >= 4 is 33.1 Å². The zero-order valence-electron chi connectivity index (χ0n) is 18.1. The van der Waals surface area contributed by atoms with E-state index in [1.807, 2.05) is 55.5 Å². The van der Waals surface area contributed by atoms with Crippen LogP contribution in [0.25, 0.3) is 32.1 Å². The summed E-state index contributed by atoms with van der Waals surface area (Å²) in [6, 6.07) is 23.8. The third-order valence-corrected chi connectivity index (χ3v) is 6.73. The van der Waals surface area contributed by atoms with Crippen LogP contribution in [-0.2, 0) is 0 Å². The average molecular weight is 439 g/mol. The van der Waals surface area contributed by atoms with Gasteiger partial charge in [-0.15, -0.1) is 11.3 Å². The number of anilines is 1. The van der Waals surface area contributed by atoms with Crippen LogP contribution in [0.15, 0.2) is 77.2 Å². The number of furan rings is 1. The normalized spacial score (nSPS) is 11.1. The average Bonchev–Trinajstić information content (AvgIpc) is 3.44. The standard InChI is InChI=1S/C27H22N2O2S/c1-16-8-10-19(14-18(16)3)23-12-13-24(31-23)26(30)28-22-15-20(11-9-17(22)2)27-29-21-6-4-5-7-25(21)32-27/h4-15H,1-3H3,(H,28,30). The maximum absolute atomic E-state index is 12.9. The lowest BCUT2D eigenvalue weighted by atomic mass is 10.1. The van der Waals surface area contributed by atoms with E-state index in [1.54, 1.807) is 17.4 Å². The van der Waals surface area contributed by atoms with E-state index in [0.717, 1.165) is 37.6 Å². The molecule has 4 nitrogen and oxygen atoms in total. The summed E-state index contributed by atoms with van der Waals surface area (Å²) in [6.07, 6.45) is 0. The highest BCUT2D eigenvalue weighted by Gasteiger charge is 2.15. The van der Waals surface area contributed by atoms with Gasteiger partial charge in [-0.1, -0.05) is 36.4 Å². The van der Waals surface area contributed by atoms with Crippen LogP contribution in [-0.4, -0.2) is 10.9 Å². The van der Waals surface area contributed by atoms with Crippen molar-refractivity contribution in [1.82, 2.24) is 4.98 Å². The molecule has 3 aromatic carbocycles. The molecular weight excluding hydrogens is 416 g/mol. The summed E-state index contributed by atoms with van der Waals surface area (Å²) in [5.41, 5.74) is 7.05. The monoisotopic (exact) mass is 438 g/mol. The molecule has 0 aliphatic carbocycles. The van der Waals surface area contributed by atoms with Crippen LogP contribution in [0.2, 0.25) is 0 Å². The highest BCUT2D eigenvalue weighted by Crippen LogP contribution is 2.32. The Morgan fingerprint density at radius 2 is 1.62 bits per heavy atom. The Labute approximate surface area is 190 Å². The maximum Gasteiger partial charge on any atom is 0.291 e. The summed E-state index contributed by atoms with van der Waals surface area (Å²) >= 11 is 1.64. The Morgan fingerprint density at radius 3 is 2.44 bits per heavy atom. The predicted molar refractivity (Wildman–Crippen MR) is 131 cm³/mol. The molecule has 0 bridgehead atoms. The number of amides is 1. The van der Waals surface area contributed by atoms with Crippen molar-refractivity contribution in [3.63, 3.8) is 0 Å². The number of benzene rings is 3. The van der Waals surface area contributed by atoms with Crippen molar-refractivity contribution in [2.24, 2.45) is 0 Å². The van der Waals surface area contributed by atoms with E-state index in [2.05, 4.69) is 37.4 Å². The van der Waals surface area contributed by atoms with Gasteiger partial charge in [-0.05, 0) is 73.9 Å². The summed E-state index contributed by atoms with van der Waals surface area (Å²) in [5, 5.41) is 3.93. The highest BCUT2D eigenvalue weighted by molar-refractivity contribution is 7.21. The topological polar surface area (TPSA) is 55.1 Å². The minimum Gasteiger partial charge on any atom is -0.451 e. The van der Waals surface area contributed by atoms with Crippen molar-refractivity contribution in [3.8, 4) is 21.9 Å². The minimum absolute atomic E-state index is 0.273. The Morgan fingerprint density at radius 1 is 0.844 bits per heavy atom. The third-order valence-electron chi connectivity index (χ3n) is 5.65. The van der Waals surface area contributed by atoms with Crippen molar-refractivity contribution in [3.05, 3.63) is 95.2 Å². The number of nitrogens with one attached hydrogen (secondary N) is 1. The van der Waals surface area contributed by atoms with Crippen molar-refractivity contribution < 1.29 is 9.21 Å². The number of fused-ring (bicyclic) bond motifs is 1. The molecule has 0 spiro atoms. The van der Waals surface area contributed by atoms with E-state index >= 15 is 0 Å². The fourth-order valence-corrected chi connectivity index (χ4v) is 4.54. The number of hydrogen-bond acceptors (Lipinski definition) is 4. The van der Waals surface area contributed by atoms with Crippen molar-refractivity contribution in [2.45, 2.75) is 20.8 Å². The molecule has 2 aromatic heterocycles. The smallest absolute Gasteiger partial charge is 0.291 e. The Bertz CT molecular complexity index is 1430. The van der Waals surface area contributed by atoms with Gasteiger partial charge < -0.3 is 9.73 Å². The SMILES string of the molecule is Cc1ccc(-c2ccc(C(=O)Nc3cc(-c4nc5ccccc5s4)ccc3C)o2)cc1C. The van der Waals surface area contributed by atoms with Crippen LogP contribution in [0.4, 0.5) is 5.69 Å². The van der Waals surface area contributed by atoms with Crippen molar-refractivity contribution in [1.29, 1.82) is 0 Å². The lowest BCUT2D eigenvalue weighted by molar-refractivity contribution is 0.0997. The summed E-state index contributed by atoms with van der Waals surface area (Å²) in [7, 11) is 0. The van der Waals surface area contributed by atoms with Gasteiger partial charge in [-0.3, -0.25) is 4.79 Å². The number of aryl methyl sites for hydroxylation is 3. The largest absolute Gasteiger partial charge is 0.451 e. The molecule has 5 rings (SSSR count). The summed E-state index contributed by atoms with van der Waals surface area (Å²) in [5.74, 6) is 0.686. The van der Waals surface area contributed by atoms with Gasteiger partial charge in [0.2, 0.25) is 0 Å². The lowest BCUT2D eigenvalue weighted by Gasteiger charge is -2.09. The Balaban J connectivity index is 1.40. The van der Waals surface area contributed by atoms with E-state index in [4.69, 9.17) is 9.40 Å². The van der Waals surface area contributed by atoms with E-state index in [0.29, 0.717) is 5.76 Å². The molecule has 0 aliphatic rings. The van der Waals surface area contributed by atoms with Gasteiger partial charge in [0.05, 0.1) is 10.2 Å². The van der Waals surface area contributed by atoms with Crippen LogP contribution in [0, 0.1) is 20.8 Å². The molecule has 0 atom stereocenters. The number of rotatable bonds is 4. The van der Waals surface area contributed by atoms with Gasteiger partial charge in [0.1, 0.15) is 10.8 Å². The molecule has 2 heterocycles. The number of hydrogen-bond donors (Lipinski definition) is 1. The van der Waals surface area contributed by atoms with Crippen molar-refractivity contribution in [2.75, 3.05) is 5.32 Å². The Kier molecular flexibility index (Phi) is 5.11. The molecule has 32 heavy (non-hydrogen) atoms. The molecule has 0 radical (unpaired) electrons. The van der Waals surface area contributed by atoms with Crippen LogP contribution in [0.1, 0.15) is 27.2 Å². The Hall–Kier alpha value is -3.70. The van der Waals surface area contributed by atoms with E-state index in [-0.39, 0.29) is 11.7 Å². The fourth-order valence-electron chi connectivity index (χ4n) is 3.58. The second-order valence-corrected chi connectivity index (χ2v) is 8.96. The molecule has 1 N–H and O–H groups in total. The molecule has 0 unspecified atom stereocenters.